The monoisotopic (exact) mass is 335 g/mol. The Balaban J connectivity index is 1.76. The van der Waals surface area contributed by atoms with Crippen molar-refractivity contribution in [3.63, 3.8) is 0 Å². The van der Waals surface area contributed by atoms with Crippen LogP contribution in [0, 0.1) is 0 Å². The van der Waals surface area contributed by atoms with Gasteiger partial charge in [0.15, 0.2) is 0 Å². The lowest BCUT2D eigenvalue weighted by Crippen LogP contribution is -2.44. The molecule has 122 valence electrons. The third kappa shape index (κ3) is 4.56. The van der Waals surface area contributed by atoms with Crippen LogP contribution >= 0.6 is 11.8 Å². The summed E-state index contributed by atoms with van der Waals surface area (Å²) >= 11 is 0.930. The number of hydrogen-bond acceptors (Lipinski definition) is 5. The maximum Gasteiger partial charge on any atom is 0.309 e. The largest absolute Gasteiger partial charge is 0.346 e. The highest BCUT2D eigenvalue weighted by molar-refractivity contribution is 8.14. The molecule has 0 saturated carbocycles. The number of benzene rings is 1. The second-order valence-electron chi connectivity index (χ2n) is 4.96. The first-order chi connectivity index (χ1) is 11.0. The van der Waals surface area contributed by atoms with E-state index in [1.165, 1.54) is 0 Å². The van der Waals surface area contributed by atoms with E-state index in [-0.39, 0.29) is 36.0 Å². The van der Waals surface area contributed by atoms with Crippen molar-refractivity contribution in [2.75, 3.05) is 18.8 Å². The summed E-state index contributed by atoms with van der Waals surface area (Å²) in [6, 6.07) is 8.97. The number of rotatable bonds is 5. The van der Waals surface area contributed by atoms with Crippen LogP contribution < -0.4 is 10.6 Å². The third-order valence-electron chi connectivity index (χ3n) is 3.31. The summed E-state index contributed by atoms with van der Waals surface area (Å²) in [4.78, 5) is 47.4. The lowest BCUT2D eigenvalue weighted by atomic mass is 10.1. The molecule has 4 amide bonds. The van der Waals surface area contributed by atoms with Gasteiger partial charge in [0.05, 0.1) is 11.8 Å². The Kier molecular flexibility index (Phi) is 5.75. The molecule has 8 heteroatoms. The fraction of sp³-hybridized carbons (Fsp3) is 0.333. The molecule has 23 heavy (non-hydrogen) atoms. The molecule has 1 heterocycles. The first kappa shape index (κ1) is 17.0. The van der Waals surface area contributed by atoms with Crippen LogP contribution in [0.2, 0.25) is 0 Å². The van der Waals surface area contributed by atoms with Crippen molar-refractivity contribution in [1.82, 2.24) is 15.5 Å². The number of amides is 4. The minimum atomic E-state index is -0.792. The predicted molar refractivity (Wildman–Crippen MR) is 85.6 cm³/mol. The zero-order chi connectivity index (χ0) is 16.8. The third-order valence-corrected chi connectivity index (χ3v) is 4.17. The molecule has 0 radical (unpaired) electrons. The maximum absolute atomic E-state index is 11.8. The van der Waals surface area contributed by atoms with E-state index in [9.17, 15) is 19.2 Å². The van der Waals surface area contributed by atoms with Gasteiger partial charge in [-0.3, -0.25) is 24.1 Å². The Morgan fingerprint density at radius 2 is 1.91 bits per heavy atom. The molecule has 0 bridgehead atoms. The van der Waals surface area contributed by atoms with Crippen molar-refractivity contribution in [3.05, 3.63) is 35.9 Å². The number of carbonyl (C=O) groups is 4. The summed E-state index contributed by atoms with van der Waals surface area (Å²) in [7, 11) is 0. The van der Waals surface area contributed by atoms with Crippen LogP contribution in [0.25, 0.3) is 0 Å². The molecule has 2 rings (SSSR count). The van der Waals surface area contributed by atoms with Gasteiger partial charge in [0, 0.05) is 13.1 Å². The van der Waals surface area contributed by atoms with Crippen molar-refractivity contribution < 1.29 is 19.2 Å². The highest BCUT2D eigenvalue weighted by Crippen LogP contribution is 2.17. The van der Waals surface area contributed by atoms with Crippen LogP contribution in [0.1, 0.15) is 18.5 Å². The Bertz CT molecular complexity index is 604. The van der Waals surface area contributed by atoms with E-state index in [0.29, 0.717) is 0 Å². The summed E-state index contributed by atoms with van der Waals surface area (Å²) in [5, 5.41) is 4.66. The van der Waals surface area contributed by atoms with E-state index in [4.69, 9.17) is 0 Å². The molecule has 0 aromatic heterocycles. The van der Waals surface area contributed by atoms with E-state index in [2.05, 4.69) is 10.6 Å². The summed E-state index contributed by atoms with van der Waals surface area (Å²) in [6.45, 7) is 1.89. The van der Waals surface area contributed by atoms with Crippen LogP contribution in [0.15, 0.2) is 30.3 Å². The molecular weight excluding hydrogens is 318 g/mol. The van der Waals surface area contributed by atoms with E-state index < -0.39 is 11.8 Å². The van der Waals surface area contributed by atoms with Gasteiger partial charge < -0.3 is 10.6 Å². The second-order valence-corrected chi connectivity index (χ2v) is 5.89. The molecule has 7 nitrogen and oxygen atoms in total. The van der Waals surface area contributed by atoms with Crippen molar-refractivity contribution in [1.29, 1.82) is 0 Å². The average molecular weight is 335 g/mol. The Morgan fingerprint density at radius 1 is 1.22 bits per heavy atom. The fourth-order valence-corrected chi connectivity index (χ4v) is 2.80. The lowest BCUT2D eigenvalue weighted by molar-refractivity contribution is -0.139. The van der Waals surface area contributed by atoms with Crippen LogP contribution in [0.3, 0.4) is 0 Å². The Morgan fingerprint density at radius 3 is 2.52 bits per heavy atom. The van der Waals surface area contributed by atoms with Gasteiger partial charge in [-0.15, -0.1) is 0 Å². The normalized spacial score (nSPS) is 15.4. The Labute approximate surface area is 137 Å². The molecule has 0 spiro atoms. The lowest BCUT2D eigenvalue weighted by Gasteiger charge is -2.15. The fourth-order valence-electron chi connectivity index (χ4n) is 2.05. The van der Waals surface area contributed by atoms with Gasteiger partial charge in [0.1, 0.15) is 0 Å². The zero-order valence-electron chi connectivity index (χ0n) is 12.6. The van der Waals surface area contributed by atoms with E-state index >= 15 is 0 Å². The molecule has 1 saturated heterocycles. The smallest absolute Gasteiger partial charge is 0.309 e. The molecule has 0 aliphatic carbocycles. The SMILES string of the molecule is CC(NC(=O)C(=O)NCCN1C(=O)CSC1=O)c1ccccc1. The maximum atomic E-state index is 11.8. The van der Waals surface area contributed by atoms with Crippen molar-refractivity contribution in [2.45, 2.75) is 13.0 Å². The van der Waals surface area contributed by atoms with Crippen LogP contribution in [0.4, 0.5) is 4.79 Å². The van der Waals surface area contributed by atoms with Crippen molar-refractivity contribution >= 4 is 34.7 Å². The molecule has 1 aliphatic rings. The number of hydrogen-bond donors (Lipinski definition) is 2. The Hall–Kier alpha value is -2.35. The average Bonchev–Trinajstić information content (AvgIpc) is 2.87. The van der Waals surface area contributed by atoms with Gasteiger partial charge in [-0.2, -0.15) is 0 Å². The second kappa shape index (κ2) is 7.77. The molecule has 1 aromatic rings. The molecule has 1 aliphatic heterocycles. The van der Waals surface area contributed by atoms with Gasteiger partial charge >= 0.3 is 11.8 Å². The molecule has 2 N–H and O–H groups in total. The number of carbonyl (C=O) groups excluding carboxylic acids is 4. The quantitative estimate of drug-likeness (QED) is 0.771. The van der Waals surface area contributed by atoms with Crippen molar-refractivity contribution in [3.8, 4) is 0 Å². The summed E-state index contributed by atoms with van der Waals surface area (Å²) in [5.74, 6) is -1.70. The minimum absolute atomic E-state index is 0.0456. The molecule has 1 aromatic carbocycles. The summed E-state index contributed by atoms with van der Waals surface area (Å²) in [5.41, 5.74) is 0.888. The summed E-state index contributed by atoms with van der Waals surface area (Å²) in [6.07, 6.45) is 0. The van der Waals surface area contributed by atoms with Gasteiger partial charge in [-0.25, -0.2) is 0 Å². The van der Waals surface area contributed by atoms with Crippen molar-refractivity contribution in [2.24, 2.45) is 0 Å². The predicted octanol–water partition coefficient (Wildman–Crippen LogP) is 0.675. The number of imide groups is 1. The standard InChI is InChI=1S/C15H17N3O4S/c1-10(11-5-3-2-4-6-11)17-14(21)13(20)16-7-8-18-12(19)9-23-15(18)22/h2-6,10H,7-9H2,1H3,(H,16,20)(H,17,21). The number of nitrogens with one attached hydrogen (secondary N) is 2. The minimum Gasteiger partial charge on any atom is -0.346 e. The van der Waals surface area contributed by atoms with Gasteiger partial charge in [-0.1, -0.05) is 42.1 Å². The molecular formula is C15H17N3O4S. The molecule has 1 atom stereocenters. The van der Waals surface area contributed by atoms with Gasteiger partial charge in [0.25, 0.3) is 5.24 Å². The van der Waals surface area contributed by atoms with E-state index in [0.717, 1.165) is 22.2 Å². The first-order valence-corrected chi connectivity index (χ1v) is 8.08. The van der Waals surface area contributed by atoms with Gasteiger partial charge in [-0.05, 0) is 12.5 Å². The first-order valence-electron chi connectivity index (χ1n) is 7.10. The summed E-state index contributed by atoms with van der Waals surface area (Å²) < 4.78 is 0. The van der Waals surface area contributed by atoms with Crippen LogP contribution in [-0.2, 0) is 14.4 Å². The van der Waals surface area contributed by atoms with Gasteiger partial charge in [0.2, 0.25) is 5.91 Å². The van der Waals surface area contributed by atoms with E-state index in [1.807, 2.05) is 30.3 Å². The van der Waals surface area contributed by atoms with Crippen LogP contribution in [-0.4, -0.2) is 46.7 Å². The molecule has 1 fully saturated rings. The van der Waals surface area contributed by atoms with E-state index in [1.54, 1.807) is 6.92 Å². The zero-order valence-corrected chi connectivity index (χ0v) is 13.4. The number of nitrogens with zero attached hydrogens (tertiary/aromatic N) is 1. The molecule has 1 unspecified atom stereocenters. The topological polar surface area (TPSA) is 95.6 Å². The number of thioether (sulfide) groups is 1. The van der Waals surface area contributed by atoms with Crippen LogP contribution in [0.5, 0.6) is 0 Å². The highest BCUT2D eigenvalue weighted by Gasteiger charge is 2.29. The highest BCUT2D eigenvalue weighted by atomic mass is 32.2.